The van der Waals surface area contributed by atoms with E-state index in [0.717, 1.165) is 16.5 Å². The van der Waals surface area contributed by atoms with Gasteiger partial charge < -0.3 is 31.8 Å². The van der Waals surface area contributed by atoms with E-state index >= 15 is 0 Å². The number of thioether (sulfide) groups is 1. The van der Waals surface area contributed by atoms with Gasteiger partial charge in [0.2, 0.25) is 17.7 Å². The number of carboxylic acids is 1. The van der Waals surface area contributed by atoms with E-state index in [1.54, 1.807) is 6.20 Å². The summed E-state index contributed by atoms with van der Waals surface area (Å²) in [5.41, 5.74) is 7.24. The van der Waals surface area contributed by atoms with Crippen LogP contribution in [0.5, 0.6) is 0 Å². The summed E-state index contributed by atoms with van der Waals surface area (Å²) in [5.74, 6) is -2.01. The Kier molecular flexibility index (Phi) is 11.6. The molecule has 7 N–H and O–H groups in total. The molecule has 11 heteroatoms. The maximum atomic E-state index is 13.2. The molecule has 0 fully saturated rings. The van der Waals surface area contributed by atoms with Crippen molar-refractivity contribution in [3.63, 3.8) is 0 Å². The second-order valence-electron chi connectivity index (χ2n) is 8.34. The number of aromatic nitrogens is 1. The fourth-order valence-electron chi connectivity index (χ4n) is 3.77. The van der Waals surface area contributed by atoms with Gasteiger partial charge in [-0.05, 0) is 55.9 Å². The predicted molar refractivity (Wildman–Crippen MR) is 137 cm³/mol. The highest BCUT2D eigenvalue weighted by atomic mass is 32.2. The van der Waals surface area contributed by atoms with Crippen molar-refractivity contribution in [3.05, 3.63) is 36.0 Å². The first-order valence-corrected chi connectivity index (χ1v) is 13.0. The molecule has 0 aliphatic rings. The Labute approximate surface area is 209 Å². The number of aliphatic carboxylic acids is 1. The highest BCUT2D eigenvalue weighted by Gasteiger charge is 2.29. The highest BCUT2D eigenvalue weighted by molar-refractivity contribution is 7.98. The van der Waals surface area contributed by atoms with Crippen molar-refractivity contribution < 1.29 is 24.3 Å². The summed E-state index contributed by atoms with van der Waals surface area (Å²) in [6.07, 6.45) is 5.67. The lowest BCUT2D eigenvalue weighted by Gasteiger charge is -2.24. The number of hydrogen-bond acceptors (Lipinski definition) is 6. The molecular weight excluding hydrogens is 470 g/mol. The summed E-state index contributed by atoms with van der Waals surface area (Å²) in [7, 11) is 0. The Morgan fingerprint density at radius 2 is 1.69 bits per heavy atom. The van der Waals surface area contributed by atoms with E-state index in [0.29, 0.717) is 31.6 Å². The van der Waals surface area contributed by atoms with Crippen LogP contribution in [0.2, 0.25) is 0 Å². The van der Waals surface area contributed by atoms with E-state index in [9.17, 15) is 24.3 Å². The standard InChI is InChI=1S/C24H35N5O5S/c1-15(30)27-21(13-16-14-26-18-8-4-3-7-17(16)18)23(32)28-19(10-12-35-2)22(31)29-20(24(33)34)9-5-6-11-25/h3-4,7-8,14,19-21,26H,5-6,9-13,25H2,1-2H3,(H,27,30)(H,28,32)(H,29,31)(H,33,34)/t19-,20?,21+/m0/s1. The van der Waals surface area contributed by atoms with Gasteiger partial charge >= 0.3 is 5.97 Å². The Hall–Kier alpha value is -3.05. The second-order valence-corrected chi connectivity index (χ2v) is 9.33. The van der Waals surface area contributed by atoms with Gasteiger partial charge in [0.1, 0.15) is 18.1 Å². The summed E-state index contributed by atoms with van der Waals surface area (Å²) in [6.45, 7) is 1.76. The molecule has 0 spiro atoms. The van der Waals surface area contributed by atoms with Gasteiger partial charge in [0.25, 0.3) is 0 Å². The number of para-hydroxylation sites is 1. The number of nitrogens with two attached hydrogens (primary N) is 1. The number of benzene rings is 1. The molecule has 3 atom stereocenters. The van der Waals surface area contributed by atoms with E-state index in [1.807, 2.05) is 30.5 Å². The van der Waals surface area contributed by atoms with E-state index < -0.39 is 35.9 Å². The molecule has 0 aliphatic heterocycles. The molecule has 1 unspecified atom stereocenters. The van der Waals surface area contributed by atoms with E-state index in [2.05, 4.69) is 20.9 Å². The van der Waals surface area contributed by atoms with Gasteiger partial charge in [0.15, 0.2) is 0 Å². The average Bonchev–Trinajstić information content (AvgIpc) is 3.23. The lowest BCUT2D eigenvalue weighted by atomic mass is 10.0. The normalized spacial score (nSPS) is 13.6. The van der Waals surface area contributed by atoms with Gasteiger partial charge in [-0.15, -0.1) is 0 Å². The molecule has 1 aromatic heterocycles. The number of carbonyl (C=O) groups is 4. The quantitative estimate of drug-likeness (QED) is 0.197. The van der Waals surface area contributed by atoms with E-state index in [1.165, 1.54) is 18.7 Å². The van der Waals surface area contributed by atoms with Crippen LogP contribution in [-0.2, 0) is 25.6 Å². The third-order valence-corrected chi connectivity index (χ3v) is 6.24. The Morgan fingerprint density at radius 1 is 1.00 bits per heavy atom. The van der Waals surface area contributed by atoms with Crippen LogP contribution in [0.1, 0.15) is 38.2 Å². The van der Waals surface area contributed by atoms with Gasteiger partial charge in [-0.25, -0.2) is 4.79 Å². The van der Waals surface area contributed by atoms with Crippen LogP contribution in [0.15, 0.2) is 30.5 Å². The van der Waals surface area contributed by atoms with E-state index in [-0.39, 0.29) is 18.7 Å². The fraction of sp³-hybridized carbons (Fsp3) is 0.500. The highest BCUT2D eigenvalue weighted by Crippen LogP contribution is 2.19. The van der Waals surface area contributed by atoms with Crippen molar-refractivity contribution in [3.8, 4) is 0 Å². The van der Waals surface area contributed by atoms with Crippen LogP contribution in [-0.4, -0.2) is 70.5 Å². The molecule has 192 valence electrons. The molecule has 1 aromatic carbocycles. The Morgan fingerprint density at radius 3 is 2.34 bits per heavy atom. The molecule has 2 rings (SSSR count). The van der Waals surface area contributed by atoms with Crippen molar-refractivity contribution in [1.82, 2.24) is 20.9 Å². The Bertz CT molecular complexity index is 1010. The zero-order valence-corrected chi connectivity index (χ0v) is 21.0. The number of amides is 3. The number of unbranched alkanes of at least 4 members (excludes halogenated alkanes) is 1. The minimum atomic E-state index is -1.14. The van der Waals surface area contributed by atoms with Crippen molar-refractivity contribution >= 4 is 46.4 Å². The number of aromatic amines is 1. The van der Waals surface area contributed by atoms with Crippen molar-refractivity contribution in [1.29, 1.82) is 0 Å². The maximum absolute atomic E-state index is 13.2. The first-order valence-electron chi connectivity index (χ1n) is 11.6. The number of rotatable bonds is 15. The number of hydrogen-bond donors (Lipinski definition) is 6. The van der Waals surface area contributed by atoms with Gasteiger partial charge in [-0.2, -0.15) is 11.8 Å². The number of carbonyl (C=O) groups excluding carboxylic acids is 3. The van der Waals surface area contributed by atoms with Crippen LogP contribution in [0.25, 0.3) is 10.9 Å². The number of H-pyrrole nitrogens is 1. The third kappa shape index (κ3) is 8.91. The monoisotopic (exact) mass is 505 g/mol. The van der Waals surface area contributed by atoms with Crippen LogP contribution in [0.3, 0.4) is 0 Å². The lowest BCUT2D eigenvalue weighted by Crippen LogP contribution is -2.56. The van der Waals surface area contributed by atoms with Crippen LogP contribution in [0.4, 0.5) is 0 Å². The minimum Gasteiger partial charge on any atom is -0.480 e. The van der Waals surface area contributed by atoms with Gasteiger partial charge in [-0.1, -0.05) is 18.2 Å². The first kappa shape index (κ1) is 28.2. The third-order valence-electron chi connectivity index (χ3n) is 5.60. The Balaban J connectivity index is 2.15. The predicted octanol–water partition coefficient (Wildman–Crippen LogP) is 1.15. The molecule has 0 saturated heterocycles. The van der Waals surface area contributed by atoms with Crippen molar-refractivity contribution in [2.24, 2.45) is 5.73 Å². The number of carboxylic acid groups (broad SMARTS) is 1. The zero-order chi connectivity index (χ0) is 25.8. The number of nitrogens with one attached hydrogen (secondary N) is 4. The maximum Gasteiger partial charge on any atom is 0.326 e. The van der Waals surface area contributed by atoms with Crippen molar-refractivity contribution in [2.45, 2.75) is 57.2 Å². The molecule has 10 nitrogen and oxygen atoms in total. The summed E-state index contributed by atoms with van der Waals surface area (Å²) in [4.78, 5) is 52.7. The summed E-state index contributed by atoms with van der Waals surface area (Å²) in [5, 5.41) is 18.4. The van der Waals surface area contributed by atoms with Crippen LogP contribution >= 0.6 is 11.8 Å². The van der Waals surface area contributed by atoms with Gasteiger partial charge in [0.05, 0.1) is 0 Å². The molecule has 1 heterocycles. The molecule has 0 saturated carbocycles. The first-order chi connectivity index (χ1) is 16.8. The average molecular weight is 506 g/mol. The van der Waals surface area contributed by atoms with Crippen molar-refractivity contribution in [2.75, 3.05) is 18.6 Å². The topological polar surface area (TPSA) is 166 Å². The smallest absolute Gasteiger partial charge is 0.326 e. The van der Waals surface area contributed by atoms with Gasteiger partial charge in [-0.3, -0.25) is 14.4 Å². The summed E-state index contributed by atoms with van der Waals surface area (Å²) < 4.78 is 0. The van der Waals surface area contributed by atoms with E-state index in [4.69, 9.17) is 5.73 Å². The second kappa shape index (κ2) is 14.4. The zero-order valence-electron chi connectivity index (χ0n) is 20.1. The number of fused-ring (bicyclic) bond motifs is 1. The van der Waals surface area contributed by atoms with Crippen LogP contribution < -0.4 is 21.7 Å². The molecule has 0 bridgehead atoms. The summed E-state index contributed by atoms with van der Waals surface area (Å²) in [6, 6.07) is 4.72. The molecule has 0 aliphatic carbocycles. The minimum absolute atomic E-state index is 0.225. The largest absolute Gasteiger partial charge is 0.480 e. The molecular formula is C24H35N5O5S. The van der Waals surface area contributed by atoms with Crippen LogP contribution in [0, 0.1) is 0 Å². The van der Waals surface area contributed by atoms with Gasteiger partial charge in [0, 0.05) is 30.4 Å². The molecule has 2 aromatic rings. The fourth-order valence-corrected chi connectivity index (χ4v) is 4.25. The summed E-state index contributed by atoms with van der Waals surface area (Å²) >= 11 is 1.51. The molecule has 35 heavy (non-hydrogen) atoms. The molecule has 0 radical (unpaired) electrons. The molecule has 3 amide bonds. The SMILES string of the molecule is CSCC[C@H](NC(=O)[C@@H](Cc1c[nH]c2ccccc12)NC(C)=O)C(=O)NC(CCCCN)C(=O)O. The lowest BCUT2D eigenvalue weighted by molar-refractivity contribution is -0.142.